The number of nitrogens with one attached hydrogen (secondary N) is 1. The lowest BCUT2D eigenvalue weighted by Crippen LogP contribution is -2.44. The highest BCUT2D eigenvalue weighted by Crippen LogP contribution is 2.41. The molecule has 2 aliphatic rings. The zero-order chi connectivity index (χ0) is 27.4. The van der Waals surface area contributed by atoms with Crippen LogP contribution in [0.15, 0.2) is 42.7 Å². The van der Waals surface area contributed by atoms with E-state index in [0.29, 0.717) is 33.5 Å². The number of pyridine rings is 1. The summed E-state index contributed by atoms with van der Waals surface area (Å²) in [5, 5.41) is 4.44. The normalized spacial score (nSPS) is 17.4. The monoisotopic (exact) mass is 588 g/mol. The minimum atomic E-state index is -2.00. The molecule has 0 atom stereocenters. The molecule has 5 rings (SSSR count). The number of aromatic nitrogens is 3. The van der Waals surface area contributed by atoms with Crippen molar-refractivity contribution in [2.24, 2.45) is 5.92 Å². The zero-order valence-corrected chi connectivity index (χ0v) is 24.9. The lowest BCUT2D eigenvalue weighted by Gasteiger charge is -2.32. The van der Waals surface area contributed by atoms with Gasteiger partial charge in [0.2, 0.25) is 11.8 Å². The maximum Gasteiger partial charge on any atom is 0.225 e. The Balaban J connectivity index is 1.35. The van der Waals surface area contributed by atoms with Crippen LogP contribution in [0.4, 0.5) is 5.95 Å². The summed E-state index contributed by atoms with van der Waals surface area (Å²) in [6.45, 7) is 10.1. The van der Waals surface area contributed by atoms with Crippen molar-refractivity contribution in [1.82, 2.24) is 25.2 Å². The van der Waals surface area contributed by atoms with Crippen molar-refractivity contribution in [2.45, 2.75) is 19.4 Å². The van der Waals surface area contributed by atoms with E-state index in [2.05, 4.69) is 31.2 Å². The van der Waals surface area contributed by atoms with E-state index in [-0.39, 0.29) is 0 Å². The standard InChI is InChI=1S/C28H35Cl2N6O2P/c1-39(2,37)19-20-3-7-35(8-4-20)18-21-11-26(22-13-23(29)15-24(30)14-22)34-27(12-21)38-25-16-32-28(33-17-25)36-9-5-31-6-10-36/h11-17,20,31H,3-10,18-19H2,1-2H3. The van der Waals surface area contributed by atoms with Gasteiger partial charge in [-0.15, -0.1) is 0 Å². The van der Waals surface area contributed by atoms with Gasteiger partial charge in [-0.3, -0.25) is 4.90 Å². The molecule has 4 heterocycles. The van der Waals surface area contributed by atoms with Crippen LogP contribution in [-0.4, -0.2) is 78.6 Å². The Kier molecular flexibility index (Phi) is 9.09. The van der Waals surface area contributed by atoms with Gasteiger partial charge in [0.25, 0.3) is 0 Å². The van der Waals surface area contributed by atoms with Gasteiger partial charge in [-0.25, -0.2) is 15.0 Å². The van der Waals surface area contributed by atoms with Crippen LogP contribution in [0.2, 0.25) is 10.0 Å². The molecule has 0 saturated carbocycles. The average Bonchev–Trinajstić information content (AvgIpc) is 2.89. The highest BCUT2D eigenvalue weighted by molar-refractivity contribution is 7.62. The first-order valence-corrected chi connectivity index (χ1v) is 16.9. The second-order valence-corrected chi connectivity index (χ2v) is 15.3. The van der Waals surface area contributed by atoms with Gasteiger partial charge in [0.05, 0.1) is 25.2 Å². The van der Waals surface area contributed by atoms with Crippen molar-refractivity contribution in [1.29, 1.82) is 0 Å². The maximum atomic E-state index is 12.3. The number of likely N-dealkylation sites (tertiary alicyclic amines) is 1. The third-order valence-electron chi connectivity index (χ3n) is 7.07. The van der Waals surface area contributed by atoms with Crippen molar-refractivity contribution < 1.29 is 9.30 Å². The van der Waals surface area contributed by atoms with Crippen molar-refractivity contribution in [3.63, 3.8) is 0 Å². The van der Waals surface area contributed by atoms with E-state index in [1.165, 1.54) is 0 Å². The number of anilines is 1. The molecule has 0 spiro atoms. The molecule has 2 saturated heterocycles. The van der Waals surface area contributed by atoms with Gasteiger partial charge in [-0.2, -0.15) is 0 Å². The first kappa shape index (κ1) is 28.3. The lowest BCUT2D eigenvalue weighted by atomic mass is 9.98. The molecule has 1 N–H and O–H groups in total. The van der Waals surface area contributed by atoms with E-state index in [1.54, 1.807) is 18.5 Å². The molecule has 2 aromatic heterocycles. The maximum absolute atomic E-state index is 12.3. The van der Waals surface area contributed by atoms with Gasteiger partial charge in [-0.05, 0) is 75.0 Å². The summed E-state index contributed by atoms with van der Waals surface area (Å²) in [7, 11) is -2.00. The van der Waals surface area contributed by atoms with Gasteiger partial charge in [0.15, 0.2) is 5.75 Å². The van der Waals surface area contributed by atoms with Gasteiger partial charge in [0.1, 0.15) is 0 Å². The van der Waals surface area contributed by atoms with Gasteiger partial charge < -0.3 is 19.5 Å². The van der Waals surface area contributed by atoms with Crippen molar-refractivity contribution in [3.8, 4) is 22.9 Å². The molecule has 1 aromatic carbocycles. The molecule has 11 heteroatoms. The summed E-state index contributed by atoms with van der Waals surface area (Å²) in [5.41, 5.74) is 2.64. The van der Waals surface area contributed by atoms with Crippen LogP contribution in [0.25, 0.3) is 11.3 Å². The van der Waals surface area contributed by atoms with Gasteiger partial charge in [0, 0.05) is 60.6 Å². The third kappa shape index (κ3) is 8.15. The fraction of sp³-hybridized carbons (Fsp3) is 0.464. The van der Waals surface area contributed by atoms with E-state index in [4.69, 9.17) is 32.9 Å². The summed E-state index contributed by atoms with van der Waals surface area (Å²) >= 11 is 12.6. The third-order valence-corrected chi connectivity index (χ3v) is 8.90. The summed E-state index contributed by atoms with van der Waals surface area (Å²) in [5.74, 6) is 2.22. The van der Waals surface area contributed by atoms with E-state index in [1.807, 2.05) is 31.5 Å². The number of benzene rings is 1. The van der Waals surface area contributed by atoms with E-state index >= 15 is 0 Å². The molecule has 0 aliphatic carbocycles. The van der Waals surface area contributed by atoms with Crippen LogP contribution in [-0.2, 0) is 11.1 Å². The smallest absolute Gasteiger partial charge is 0.225 e. The fourth-order valence-corrected chi connectivity index (χ4v) is 7.41. The molecule has 39 heavy (non-hydrogen) atoms. The predicted octanol–water partition coefficient (Wildman–Crippen LogP) is 5.88. The average molecular weight is 590 g/mol. The highest BCUT2D eigenvalue weighted by atomic mass is 35.5. The molecule has 208 valence electrons. The Morgan fingerprint density at radius 3 is 2.28 bits per heavy atom. The molecule has 3 aromatic rings. The first-order chi connectivity index (χ1) is 18.7. The number of halogens is 2. The Morgan fingerprint density at radius 2 is 1.64 bits per heavy atom. The van der Waals surface area contributed by atoms with Crippen LogP contribution in [0.5, 0.6) is 11.6 Å². The molecule has 0 bridgehead atoms. The first-order valence-electron chi connectivity index (χ1n) is 13.4. The minimum Gasteiger partial charge on any atom is -0.436 e. The van der Waals surface area contributed by atoms with Crippen LogP contribution in [0.3, 0.4) is 0 Å². The van der Waals surface area contributed by atoms with Crippen LogP contribution >= 0.6 is 30.3 Å². The van der Waals surface area contributed by atoms with Crippen LogP contribution in [0, 0.1) is 5.92 Å². The minimum absolute atomic E-state index is 0.463. The van der Waals surface area contributed by atoms with Gasteiger partial charge >= 0.3 is 0 Å². The van der Waals surface area contributed by atoms with E-state index < -0.39 is 7.14 Å². The van der Waals surface area contributed by atoms with Crippen LogP contribution in [0.1, 0.15) is 18.4 Å². The summed E-state index contributed by atoms with van der Waals surface area (Å²) in [6, 6.07) is 9.46. The second kappa shape index (κ2) is 12.5. The molecule has 2 aliphatic heterocycles. The molecule has 0 amide bonds. The summed E-state index contributed by atoms with van der Waals surface area (Å²) in [4.78, 5) is 18.4. The Hall–Kier alpha value is -2.22. The quantitative estimate of drug-likeness (QED) is 0.326. The molecule has 0 radical (unpaired) electrons. The molecule has 0 unspecified atom stereocenters. The van der Waals surface area contributed by atoms with Crippen LogP contribution < -0.4 is 15.0 Å². The van der Waals surface area contributed by atoms with E-state index in [0.717, 1.165) is 81.6 Å². The number of piperazine rings is 1. The number of hydrogen-bond acceptors (Lipinski definition) is 8. The molecule has 2 fully saturated rings. The molecular formula is C28H35Cl2N6O2P. The highest BCUT2D eigenvalue weighted by Gasteiger charge is 2.24. The number of piperidine rings is 1. The van der Waals surface area contributed by atoms with Crippen molar-refractivity contribution in [2.75, 3.05) is 63.7 Å². The molecule has 8 nitrogen and oxygen atoms in total. The van der Waals surface area contributed by atoms with Crippen molar-refractivity contribution >= 4 is 36.3 Å². The SMILES string of the molecule is CP(C)(=O)CC1CCN(Cc2cc(Oc3cnc(N4CCNCC4)nc3)nc(-c3cc(Cl)cc(Cl)c3)c2)CC1. The predicted molar refractivity (Wildman–Crippen MR) is 159 cm³/mol. The number of rotatable bonds is 8. The number of ether oxygens (including phenoxy) is 1. The lowest BCUT2D eigenvalue weighted by molar-refractivity contribution is 0.186. The fourth-order valence-electron chi connectivity index (χ4n) is 5.27. The van der Waals surface area contributed by atoms with Crippen molar-refractivity contribution in [3.05, 3.63) is 58.3 Å². The largest absolute Gasteiger partial charge is 0.436 e. The zero-order valence-electron chi connectivity index (χ0n) is 22.4. The second-order valence-electron chi connectivity index (χ2n) is 10.9. The summed E-state index contributed by atoms with van der Waals surface area (Å²) < 4.78 is 18.5. The van der Waals surface area contributed by atoms with Gasteiger partial charge in [-0.1, -0.05) is 23.2 Å². The number of hydrogen-bond donors (Lipinski definition) is 1. The Labute approximate surface area is 240 Å². The number of nitrogens with zero attached hydrogens (tertiary/aromatic N) is 5. The summed E-state index contributed by atoms with van der Waals surface area (Å²) in [6.07, 6.45) is 6.35. The topological polar surface area (TPSA) is 83.5 Å². The Bertz CT molecular complexity index is 1300. The van der Waals surface area contributed by atoms with E-state index in [9.17, 15) is 4.57 Å². The molecular weight excluding hydrogens is 554 g/mol. The Morgan fingerprint density at radius 1 is 0.974 bits per heavy atom.